The van der Waals surface area contributed by atoms with Gasteiger partial charge in [-0.05, 0) is 38.1 Å². The number of nitrogens with zero attached hydrogens (tertiary/aromatic N) is 1. The van der Waals surface area contributed by atoms with Gasteiger partial charge in [-0.25, -0.2) is 4.39 Å². The number of hydrogen-bond donors (Lipinski definition) is 3. The molecule has 3 N–H and O–H groups in total. The maximum Gasteiger partial charge on any atom is 0.279 e. The molecule has 0 radical (unpaired) electrons. The van der Waals surface area contributed by atoms with Crippen molar-refractivity contribution in [1.82, 2.24) is 4.90 Å². The number of likely N-dealkylation sites (N-methyl/N-ethyl adjacent to an activating group) is 1. The minimum Gasteiger partial charge on any atom is -0.338 e. The Balaban J connectivity index is 1.72. The summed E-state index contributed by atoms with van der Waals surface area (Å²) >= 11 is 0. The largest absolute Gasteiger partial charge is 0.338 e. The lowest BCUT2D eigenvalue weighted by Crippen LogP contribution is -3.28. The Bertz CT molecular complexity index is 583. The van der Waals surface area contributed by atoms with Crippen molar-refractivity contribution in [2.45, 2.75) is 19.9 Å². The van der Waals surface area contributed by atoms with Crippen molar-refractivity contribution in [3.05, 3.63) is 30.1 Å². The number of benzene rings is 1. The molecule has 0 aliphatic carbocycles. The fourth-order valence-corrected chi connectivity index (χ4v) is 2.90. The average Bonchev–Trinajstić information content (AvgIpc) is 2.57. The van der Waals surface area contributed by atoms with Crippen LogP contribution in [0.2, 0.25) is 0 Å². The van der Waals surface area contributed by atoms with Crippen molar-refractivity contribution in [2.24, 2.45) is 0 Å². The summed E-state index contributed by atoms with van der Waals surface area (Å²) in [6.45, 7) is 8.43. The number of nitrogens with one attached hydrogen (secondary N) is 3. The van der Waals surface area contributed by atoms with Crippen LogP contribution in [0, 0.1) is 5.82 Å². The summed E-state index contributed by atoms with van der Waals surface area (Å²) in [5.74, 6) is -0.219. The highest BCUT2D eigenvalue weighted by Crippen LogP contribution is 2.07. The Morgan fingerprint density at radius 2 is 1.60 bits per heavy atom. The summed E-state index contributed by atoms with van der Waals surface area (Å²) in [7, 11) is 1.84. The predicted molar refractivity (Wildman–Crippen MR) is 94.1 cm³/mol. The normalized spacial score (nSPS) is 20.4. The first kappa shape index (κ1) is 19.3. The fourth-order valence-electron chi connectivity index (χ4n) is 2.90. The molecule has 0 bridgehead atoms. The van der Waals surface area contributed by atoms with E-state index >= 15 is 0 Å². The van der Waals surface area contributed by atoms with Gasteiger partial charge in [0.1, 0.15) is 32.0 Å². The second kappa shape index (κ2) is 8.92. The lowest BCUT2D eigenvalue weighted by molar-refractivity contribution is -1.00. The molecular formula is C18H29FN4O2+2. The second-order valence-corrected chi connectivity index (χ2v) is 7.01. The topological polar surface area (TPSA) is 58.3 Å². The van der Waals surface area contributed by atoms with Crippen molar-refractivity contribution in [1.29, 1.82) is 0 Å². The average molecular weight is 352 g/mol. The van der Waals surface area contributed by atoms with E-state index in [4.69, 9.17) is 0 Å². The standard InChI is InChI=1S/C18H27FN4O2/c1-14(2)21(3)18(25)13-23-10-8-22(9-11-23)12-17(24)20-16-6-4-15(19)5-7-16/h4-7,14H,8-13H2,1-3H3,(H,20,24)/p+2. The number of piperazine rings is 1. The quantitative estimate of drug-likeness (QED) is 0.579. The first-order valence-corrected chi connectivity index (χ1v) is 8.83. The molecule has 2 rings (SSSR count). The molecule has 2 amide bonds. The van der Waals surface area contributed by atoms with Crippen molar-refractivity contribution >= 4 is 17.5 Å². The molecule has 0 saturated carbocycles. The zero-order valence-corrected chi connectivity index (χ0v) is 15.3. The first-order valence-electron chi connectivity index (χ1n) is 8.83. The smallest absolute Gasteiger partial charge is 0.279 e. The van der Waals surface area contributed by atoms with Crippen LogP contribution in [-0.2, 0) is 9.59 Å². The number of quaternary nitrogens is 2. The van der Waals surface area contributed by atoms with E-state index in [2.05, 4.69) is 5.32 Å². The van der Waals surface area contributed by atoms with Crippen LogP contribution < -0.4 is 15.1 Å². The van der Waals surface area contributed by atoms with Crippen molar-refractivity contribution in [3.63, 3.8) is 0 Å². The van der Waals surface area contributed by atoms with E-state index in [9.17, 15) is 14.0 Å². The van der Waals surface area contributed by atoms with Crippen LogP contribution in [0.25, 0.3) is 0 Å². The van der Waals surface area contributed by atoms with Crippen LogP contribution in [0.15, 0.2) is 24.3 Å². The van der Waals surface area contributed by atoms with Crippen LogP contribution in [0.5, 0.6) is 0 Å². The van der Waals surface area contributed by atoms with E-state index in [0.717, 1.165) is 26.2 Å². The lowest BCUT2D eigenvalue weighted by Gasteiger charge is -2.30. The molecule has 1 aliphatic rings. The van der Waals surface area contributed by atoms with Gasteiger partial charge < -0.3 is 20.0 Å². The summed E-state index contributed by atoms with van der Waals surface area (Å²) in [5, 5.41) is 2.79. The van der Waals surface area contributed by atoms with Crippen LogP contribution >= 0.6 is 0 Å². The number of amides is 2. The third-order valence-corrected chi connectivity index (χ3v) is 4.77. The number of halogens is 1. The Morgan fingerprint density at radius 1 is 1.08 bits per heavy atom. The van der Waals surface area contributed by atoms with E-state index in [1.807, 2.05) is 20.9 Å². The van der Waals surface area contributed by atoms with Crippen LogP contribution in [0.4, 0.5) is 10.1 Å². The second-order valence-electron chi connectivity index (χ2n) is 7.01. The highest BCUT2D eigenvalue weighted by molar-refractivity contribution is 5.91. The summed E-state index contributed by atoms with van der Waals surface area (Å²) in [6.07, 6.45) is 0. The van der Waals surface area contributed by atoms with E-state index in [1.54, 1.807) is 17.0 Å². The minimum absolute atomic E-state index is 0.0688. The molecule has 25 heavy (non-hydrogen) atoms. The molecular weight excluding hydrogens is 323 g/mol. The third-order valence-electron chi connectivity index (χ3n) is 4.77. The maximum absolute atomic E-state index is 12.9. The summed E-state index contributed by atoms with van der Waals surface area (Å²) < 4.78 is 12.9. The van der Waals surface area contributed by atoms with Crippen LogP contribution in [0.3, 0.4) is 0 Å². The summed E-state index contributed by atoms with van der Waals surface area (Å²) in [4.78, 5) is 28.5. The summed E-state index contributed by atoms with van der Waals surface area (Å²) in [6, 6.07) is 5.99. The minimum atomic E-state index is -0.319. The lowest BCUT2D eigenvalue weighted by atomic mass is 10.2. The van der Waals surface area contributed by atoms with Gasteiger partial charge in [-0.15, -0.1) is 0 Å². The molecule has 1 fully saturated rings. The molecule has 1 saturated heterocycles. The molecule has 138 valence electrons. The van der Waals surface area contributed by atoms with Gasteiger partial charge >= 0.3 is 0 Å². The number of carbonyl (C=O) groups is 2. The van der Waals surface area contributed by atoms with Crippen molar-refractivity contribution < 1.29 is 23.8 Å². The van der Waals surface area contributed by atoms with Crippen molar-refractivity contribution in [3.8, 4) is 0 Å². The first-order chi connectivity index (χ1) is 11.8. The Morgan fingerprint density at radius 3 is 2.12 bits per heavy atom. The van der Waals surface area contributed by atoms with Crippen LogP contribution in [-0.4, -0.2) is 69.1 Å². The van der Waals surface area contributed by atoms with Crippen molar-refractivity contribution in [2.75, 3.05) is 51.6 Å². The van der Waals surface area contributed by atoms with E-state index in [1.165, 1.54) is 21.9 Å². The van der Waals surface area contributed by atoms with Gasteiger partial charge in [0.15, 0.2) is 13.1 Å². The zero-order valence-electron chi connectivity index (χ0n) is 15.3. The number of hydrogen-bond acceptors (Lipinski definition) is 2. The Hall–Kier alpha value is -1.99. The van der Waals surface area contributed by atoms with E-state index in [0.29, 0.717) is 18.8 Å². The van der Waals surface area contributed by atoms with Gasteiger partial charge in [0, 0.05) is 18.8 Å². The fraction of sp³-hybridized carbons (Fsp3) is 0.556. The van der Waals surface area contributed by atoms with Crippen LogP contribution in [0.1, 0.15) is 13.8 Å². The molecule has 7 heteroatoms. The third kappa shape index (κ3) is 6.10. The molecule has 1 aliphatic heterocycles. The maximum atomic E-state index is 12.9. The molecule has 1 aromatic rings. The Labute approximate surface area is 148 Å². The van der Waals surface area contributed by atoms with Gasteiger partial charge in [0.25, 0.3) is 11.8 Å². The predicted octanol–water partition coefficient (Wildman–Crippen LogP) is -1.59. The SMILES string of the molecule is CC(C)N(C)C(=O)C[NH+]1CC[NH+](CC(=O)Nc2ccc(F)cc2)CC1. The van der Waals surface area contributed by atoms with Gasteiger partial charge in [-0.2, -0.15) is 0 Å². The number of anilines is 1. The molecule has 0 aromatic heterocycles. The molecule has 0 atom stereocenters. The van der Waals surface area contributed by atoms with Gasteiger partial charge in [-0.1, -0.05) is 0 Å². The van der Waals surface area contributed by atoms with E-state index < -0.39 is 0 Å². The molecule has 0 spiro atoms. The Kier molecular flexibility index (Phi) is 6.90. The summed E-state index contributed by atoms with van der Waals surface area (Å²) in [5.41, 5.74) is 0.609. The molecule has 1 aromatic carbocycles. The highest BCUT2D eigenvalue weighted by atomic mass is 19.1. The van der Waals surface area contributed by atoms with E-state index in [-0.39, 0.29) is 23.7 Å². The number of rotatable bonds is 6. The van der Waals surface area contributed by atoms with Gasteiger partial charge in [-0.3, -0.25) is 9.59 Å². The highest BCUT2D eigenvalue weighted by Gasteiger charge is 2.27. The molecule has 0 unspecified atom stereocenters. The molecule has 6 nitrogen and oxygen atoms in total. The number of carbonyl (C=O) groups excluding carboxylic acids is 2. The van der Waals surface area contributed by atoms with Gasteiger partial charge in [0.2, 0.25) is 0 Å². The van der Waals surface area contributed by atoms with Gasteiger partial charge in [0.05, 0.1) is 0 Å². The molecule has 1 heterocycles. The monoisotopic (exact) mass is 352 g/mol. The zero-order chi connectivity index (χ0) is 18.4.